The first-order valence-corrected chi connectivity index (χ1v) is 15.5. The average molecular weight is 639 g/mol. The molecule has 3 amide bonds. The molecule has 2 heterocycles. The molecular weight excluding hydrogens is 605 g/mol. The lowest BCUT2D eigenvalue weighted by molar-refractivity contribution is -0.274. The van der Waals surface area contributed by atoms with Crippen LogP contribution in [0.3, 0.4) is 0 Å². The highest BCUT2D eigenvalue weighted by Gasteiger charge is 2.33. The predicted octanol–water partition coefficient (Wildman–Crippen LogP) is 7.05. The van der Waals surface area contributed by atoms with Crippen LogP contribution < -0.4 is 15.0 Å². The highest BCUT2D eigenvalue weighted by atomic mass is 32.2. The van der Waals surface area contributed by atoms with E-state index in [1.54, 1.807) is 4.90 Å². The Hall–Kier alpha value is -4.39. The maximum atomic E-state index is 12.8. The van der Waals surface area contributed by atoms with Gasteiger partial charge >= 0.3 is 12.4 Å². The van der Waals surface area contributed by atoms with Crippen LogP contribution in [0.1, 0.15) is 56.0 Å². The van der Waals surface area contributed by atoms with E-state index in [2.05, 4.69) is 45.1 Å². The predicted molar refractivity (Wildman–Crippen MR) is 168 cm³/mol. The quantitative estimate of drug-likeness (QED) is 0.284. The highest BCUT2D eigenvalue weighted by molar-refractivity contribution is 8.15. The monoisotopic (exact) mass is 638 g/mol. The summed E-state index contributed by atoms with van der Waals surface area (Å²) >= 11 is 1.25. The number of urea groups is 1. The largest absolute Gasteiger partial charge is 0.573 e. The minimum atomic E-state index is -4.75. The van der Waals surface area contributed by atoms with Crippen molar-refractivity contribution in [2.24, 2.45) is 10.9 Å². The molecule has 0 saturated carbocycles. The Bertz CT molecular complexity index is 1660. The van der Waals surface area contributed by atoms with Crippen molar-refractivity contribution in [3.05, 3.63) is 89.5 Å². The van der Waals surface area contributed by atoms with Gasteiger partial charge in [0.15, 0.2) is 11.0 Å². The number of carbonyl (C=O) groups excluding carboxylic acids is 2. The Balaban J connectivity index is 1.17. The van der Waals surface area contributed by atoms with Crippen LogP contribution in [0, 0.1) is 12.8 Å². The van der Waals surface area contributed by atoms with E-state index in [1.165, 1.54) is 47.0 Å². The van der Waals surface area contributed by atoms with Crippen molar-refractivity contribution in [2.75, 3.05) is 17.2 Å². The molecule has 2 atom stereocenters. The number of ether oxygens (including phenoxy) is 1. The van der Waals surface area contributed by atoms with Gasteiger partial charge in [0.1, 0.15) is 12.1 Å². The molecule has 1 aliphatic carbocycles. The van der Waals surface area contributed by atoms with Crippen molar-refractivity contribution < 1.29 is 27.5 Å². The van der Waals surface area contributed by atoms with Gasteiger partial charge in [-0.25, -0.2) is 14.5 Å². The number of thioether (sulfide) groups is 1. The van der Waals surface area contributed by atoms with Crippen LogP contribution in [0.4, 0.5) is 23.7 Å². The second kappa shape index (κ2) is 13.3. The van der Waals surface area contributed by atoms with Gasteiger partial charge in [0.05, 0.1) is 17.1 Å². The number of aromatic nitrogens is 3. The summed E-state index contributed by atoms with van der Waals surface area (Å²) in [7, 11) is 0. The number of carbonyl (C=O) groups is 2. The molecule has 2 aliphatic rings. The van der Waals surface area contributed by atoms with Gasteiger partial charge in [-0.15, -0.1) is 13.2 Å². The van der Waals surface area contributed by atoms with E-state index in [4.69, 9.17) is 0 Å². The highest BCUT2D eigenvalue weighted by Crippen LogP contribution is 2.35. The molecule has 13 heteroatoms. The molecule has 45 heavy (non-hydrogen) atoms. The molecule has 1 saturated heterocycles. The fourth-order valence-corrected chi connectivity index (χ4v) is 6.20. The smallest absolute Gasteiger partial charge is 0.406 e. The second-order valence-corrected chi connectivity index (χ2v) is 12.1. The second-order valence-electron chi connectivity index (χ2n) is 11.2. The van der Waals surface area contributed by atoms with Crippen molar-refractivity contribution >= 4 is 34.6 Å². The van der Waals surface area contributed by atoms with E-state index in [1.807, 2.05) is 44.2 Å². The van der Waals surface area contributed by atoms with E-state index >= 15 is 0 Å². The number of aryl methyl sites for hydroxylation is 1. The number of hydrogen-bond donors (Lipinski definition) is 1. The number of halogens is 3. The first-order valence-electron chi connectivity index (χ1n) is 14.5. The summed E-state index contributed by atoms with van der Waals surface area (Å²) in [5.41, 5.74) is 4.50. The normalized spacial score (nSPS) is 18.4. The molecule has 1 aliphatic heterocycles. The topological polar surface area (TPSA) is 102 Å². The van der Waals surface area contributed by atoms with Gasteiger partial charge in [0.2, 0.25) is 5.91 Å². The van der Waals surface area contributed by atoms with Gasteiger partial charge in [-0.2, -0.15) is 10.1 Å². The third-order valence-electron chi connectivity index (χ3n) is 7.52. The lowest BCUT2D eigenvalue weighted by Gasteiger charge is -2.23. The number of hydrogen-bond acceptors (Lipinski definition) is 6. The Kier molecular flexibility index (Phi) is 9.47. The fourth-order valence-electron chi connectivity index (χ4n) is 5.34. The van der Waals surface area contributed by atoms with Crippen molar-refractivity contribution in [3.63, 3.8) is 0 Å². The van der Waals surface area contributed by atoms with Crippen LogP contribution in [0.25, 0.3) is 5.69 Å². The van der Waals surface area contributed by atoms with Crippen LogP contribution in [-0.4, -0.2) is 50.5 Å². The number of aliphatic imine (C=N–C) groups is 1. The van der Waals surface area contributed by atoms with Crippen molar-refractivity contribution in [3.8, 4) is 11.4 Å². The zero-order valence-corrected chi connectivity index (χ0v) is 26.0. The third kappa shape index (κ3) is 7.64. The molecule has 2 unspecified atom stereocenters. The zero-order chi connectivity index (χ0) is 32.3. The summed E-state index contributed by atoms with van der Waals surface area (Å²) in [6.07, 6.45) is 3.48. The first kappa shape index (κ1) is 32.0. The number of nitrogens with one attached hydrogen (secondary N) is 1. The van der Waals surface area contributed by atoms with Gasteiger partial charge in [0.25, 0.3) is 0 Å². The molecule has 0 spiro atoms. The van der Waals surface area contributed by atoms with Crippen LogP contribution in [0.15, 0.2) is 77.6 Å². The zero-order valence-electron chi connectivity index (χ0n) is 25.2. The van der Waals surface area contributed by atoms with E-state index in [9.17, 15) is 22.8 Å². The molecule has 236 valence electrons. The van der Waals surface area contributed by atoms with Crippen molar-refractivity contribution in [1.82, 2.24) is 20.1 Å². The fraction of sp³-hybridized carbons (Fsp3) is 0.344. The Morgan fingerprint density at radius 2 is 1.93 bits per heavy atom. The first-order chi connectivity index (χ1) is 21.4. The minimum Gasteiger partial charge on any atom is -0.406 e. The Morgan fingerprint density at radius 3 is 2.60 bits per heavy atom. The molecule has 1 N–H and O–H groups in total. The lowest BCUT2D eigenvalue weighted by atomic mass is 9.90. The lowest BCUT2D eigenvalue weighted by Crippen LogP contribution is -2.33. The Morgan fingerprint density at radius 1 is 1.18 bits per heavy atom. The molecule has 5 rings (SSSR count). The third-order valence-corrected chi connectivity index (χ3v) is 8.44. The van der Waals surface area contributed by atoms with Crippen LogP contribution in [0.2, 0.25) is 0 Å². The number of allylic oxidation sites excluding steroid dienone is 3. The maximum absolute atomic E-state index is 12.8. The summed E-state index contributed by atoms with van der Waals surface area (Å²) in [5, 5.41) is 7.74. The summed E-state index contributed by atoms with van der Waals surface area (Å²) in [4.78, 5) is 35.8. The molecule has 1 fully saturated rings. The number of alkyl halides is 3. The summed E-state index contributed by atoms with van der Waals surface area (Å²) < 4.78 is 42.7. The number of anilines is 1. The van der Waals surface area contributed by atoms with Gasteiger partial charge in [-0.1, -0.05) is 62.9 Å². The van der Waals surface area contributed by atoms with E-state index in [-0.39, 0.29) is 35.2 Å². The van der Waals surface area contributed by atoms with Gasteiger partial charge in [-0.3, -0.25) is 9.69 Å². The molecule has 3 aromatic rings. The molecule has 9 nitrogen and oxygen atoms in total. The average Bonchev–Trinajstić information content (AvgIpc) is 3.62. The molecule has 0 bridgehead atoms. The van der Waals surface area contributed by atoms with Crippen molar-refractivity contribution in [1.29, 1.82) is 0 Å². The number of benzene rings is 2. The van der Waals surface area contributed by atoms with E-state index in [0.29, 0.717) is 29.6 Å². The van der Waals surface area contributed by atoms with Crippen LogP contribution >= 0.6 is 11.8 Å². The number of rotatable bonds is 8. The molecule has 1 aromatic heterocycles. The molecular formula is C32H33F3N6O3S. The SMILES string of the molecule is Cc1cccc(N2C(=O)CSC2=NC(=O)NCC(C)C2=CCC(c3ncn(-c4ccc(OC(F)(F)F)cc4)n3)C=C2)c1C(C)C. The van der Waals surface area contributed by atoms with Crippen LogP contribution in [0.5, 0.6) is 5.75 Å². The number of nitrogens with zero attached hydrogens (tertiary/aromatic N) is 5. The summed E-state index contributed by atoms with van der Waals surface area (Å²) in [6.45, 7) is 8.53. The molecule has 0 radical (unpaired) electrons. The summed E-state index contributed by atoms with van der Waals surface area (Å²) in [6, 6.07) is 10.7. The van der Waals surface area contributed by atoms with Crippen molar-refractivity contribution in [2.45, 2.75) is 52.3 Å². The maximum Gasteiger partial charge on any atom is 0.573 e. The van der Waals surface area contributed by atoms with Crippen LogP contribution in [-0.2, 0) is 4.79 Å². The number of amidine groups is 1. The van der Waals surface area contributed by atoms with E-state index < -0.39 is 12.4 Å². The Labute approximate surface area is 263 Å². The van der Waals surface area contributed by atoms with Gasteiger partial charge in [0, 0.05) is 12.5 Å². The standard InChI is InChI=1S/C32H33F3N6O3S/c1-19(2)28-20(3)6-5-7-26(28)41-27(42)17-45-31(41)38-30(43)36-16-21(4)22-8-10-23(11-9-22)29-37-18-40(39-29)24-12-14-25(15-13-24)44-32(33,34)35/h5-10,12-15,18-19,21,23H,11,16-17H2,1-4H3,(H,36,43). The number of amides is 3. The minimum absolute atomic E-state index is 0.00702. The summed E-state index contributed by atoms with van der Waals surface area (Å²) in [5.74, 6) is 0.519. The van der Waals surface area contributed by atoms with E-state index in [0.717, 1.165) is 22.4 Å². The van der Waals surface area contributed by atoms with Gasteiger partial charge in [-0.05, 0) is 72.2 Å². The van der Waals surface area contributed by atoms with Gasteiger partial charge < -0.3 is 10.1 Å². The molecule has 2 aromatic carbocycles.